The van der Waals surface area contributed by atoms with Crippen molar-refractivity contribution in [2.24, 2.45) is 7.05 Å². The second-order valence-electron chi connectivity index (χ2n) is 5.07. The maximum Gasteiger partial charge on any atom is 0.0739 e. The molecule has 1 aromatic rings. The number of aryl methyl sites for hydroxylation is 2. The first-order valence-electron chi connectivity index (χ1n) is 6.61. The van der Waals surface area contributed by atoms with Gasteiger partial charge in [-0.05, 0) is 55.1 Å². The highest BCUT2D eigenvalue weighted by molar-refractivity contribution is 9.10. The van der Waals surface area contributed by atoms with E-state index < -0.39 is 0 Å². The summed E-state index contributed by atoms with van der Waals surface area (Å²) in [6.07, 6.45) is 4.96. The monoisotopic (exact) mass is 333 g/mol. The summed E-state index contributed by atoms with van der Waals surface area (Å²) in [5.41, 5.74) is 2.36. The number of nitrogens with zero attached hydrogens (tertiary/aromatic N) is 3. The Morgan fingerprint density at radius 3 is 2.89 bits per heavy atom. The number of rotatable bonds is 5. The zero-order chi connectivity index (χ0) is 13.1. The summed E-state index contributed by atoms with van der Waals surface area (Å²) < 4.78 is 3.16. The summed E-state index contributed by atoms with van der Waals surface area (Å²) >= 11 is 9.45. The Hall–Kier alpha value is -0.0600. The second kappa shape index (κ2) is 6.40. The molecule has 1 unspecified atom stereocenters. The molecular weight excluding hydrogens is 314 g/mol. The highest BCUT2D eigenvalue weighted by Gasteiger charge is 2.25. The van der Waals surface area contributed by atoms with Gasteiger partial charge in [0, 0.05) is 25.5 Å². The Kier molecular flexibility index (Phi) is 5.10. The largest absolute Gasteiger partial charge is 0.295 e. The topological polar surface area (TPSA) is 21.1 Å². The molecule has 0 aliphatic carbocycles. The maximum absolute atomic E-state index is 5.80. The van der Waals surface area contributed by atoms with Crippen molar-refractivity contribution in [3.05, 3.63) is 15.9 Å². The molecule has 0 saturated carbocycles. The molecule has 5 heteroatoms. The van der Waals surface area contributed by atoms with Crippen LogP contribution < -0.4 is 0 Å². The number of hydrogen-bond donors (Lipinski definition) is 0. The van der Waals surface area contributed by atoms with Gasteiger partial charge < -0.3 is 0 Å². The summed E-state index contributed by atoms with van der Waals surface area (Å²) in [5.74, 6) is 0.777. The fraction of sp³-hybridized carbons (Fsp3) is 0.769. The van der Waals surface area contributed by atoms with Crippen LogP contribution in [-0.4, -0.2) is 33.1 Å². The van der Waals surface area contributed by atoms with Crippen molar-refractivity contribution >= 4 is 27.5 Å². The van der Waals surface area contributed by atoms with Crippen LogP contribution in [0.25, 0.3) is 0 Å². The van der Waals surface area contributed by atoms with Gasteiger partial charge in [0.1, 0.15) is 0 Å². The Morgan fingerprint density at radius 2 is 2.28 bits per heavy atom. The van der Waals surface area contributed by atoms with Crippen LogP contribution in [0.5, 0.6) is 0 Å². The predicted molar refractivity (Wildman–Crippen MR) is 79.0 cm³/mol. The first-order valence-corrected chi connectivity index (χ1v) is 7.94. The van der Waals surface area contributed by atoms with Gasteiger partial charge in [-0.2, -0.15) is 5.10 Å². The SMILES string of the molecule is Cc1nn(C)c(CN2CCCC2CCCCl)c1Br. The lowest BCUT2D eigenvalue weighted by molar-refractivity contribution is 0.227. The van der Waals surface area contributed by atoms with Gasteiger partial charge in [-0.25, -0.2) is 0 Å². The van der Waals surface area contributed by atoms with E-state index >= 15 is 0 Å². The summed E-state index contributed by atoms with van der Waals surface area (Å²) in [6.45, 7) is 4.23. The van der Waals surface area contributed by atoms with Crippen LogP contribution in [0.2, 0.25) is 0 Å². The van der Waals surface area contributed by atoms with Crippen LogP contribution in [0, 0.1) is 6.92 Å². The van der Waals surface area contributed by atoms with Crippen LogP contribution in [0.15, 0.2) is 4.47 Å². The number of aromatic nitrogens is 2. The van der Waals surface area contributed by atoms with Crippen LogP contribution in [0.1, 0.15) is 37.1 Å². The molecule has 1 aromatic heterocycles. The molecule has 1 fully saturated rings. The van der Waals surface area contributed by atoms with Crippen LogP contribution in [-0.2, 0) is 13.6 Å². The van der Waals surface area contributed by atoms with Crippen LogP contribution in [0.4, 0.5) is 0 Å². The Bertz CT molecular complexity index is 405. The van der Waals surface area contributed by atoms with Gasteiger partial charge in [0.05, 0.1) is 15.9 Å². The molecule has 0 spiro atoms. The van der Waals surface area contributed by atoms with Crippen molar-refractivity contribution in [2.75, 3.05) is 12.4 Å². The molecule has 0 radical (unpaired) electrons. The third-order valence-corrected chi connectivity index (χ3v) is 5.08. The molecular formula is C13H21BrClN3. The van der Waals surface area contributed by atoms with Gasteiger partial charge in [0.25, 0.3) is 0 Å². The summed E-state index contributed by atoms with van der Waals surface area (Å²) in [5, 5.41) is 4.46. The zero-order valence-electron chi connectivity index (χ0n) is 11.1. The van der Waals surface area contributed by atoms with Crippen molar-refractivity contribution in [2.45, 2.75) is 45.2 Å². The fourth-order valence-corrected chi connectivity index (χ4v) is 3.40. The van der Waals surface area contributed by atoms with Gasteiger partial charge >= 0.3 is 0 Å². The molecule has 1 saturated heterocycles. The molecule has 102 valence electrons. The lowest BCUT2D eigenvalue weighted by Crippen LogP contribution is -2.30. The number of halogens is 2. The highest BCUT2D eigenvalue weighted by Crippen LogP contribution is 2.27. The molecule has 1 atom stereocenters. The van der Waals surface area contributed by atoms with E-state index in [1.54, 1.807) is 0 Å². The zero-order valence-corrected chi connectivity index (χ0v) is 13.5. The van der Waals surface area contributed by atoms with E-state index in [1.807, 2.05) is 18.7 Å². The van der Waals surface area contributed by atoms with E-state index in [-0.39, 0.29) is 0 Å². The smallest absolute Gasteiger partial charge is 0.0739 e. The highest BCUT2D eigenvalue weighted by atomic mass is 79.9. The number of hydrogen-bond acceptors (Lipinski definition) is 2. The first kappa shape index (κ1) is 14.4. The molecule has 2 rings (SSSR count). The summed E-state index contributed by atoms with van der Waals surface area (Å²) in [6, 6.07) is 0.700. The molecule has 0 N–H and O–H groups in total. The van der Waals surface area contributed by atoms with Crippen molar-refractivity contribution < 1.29 is 0 Å². The van der Waals surface area contributed by atoms with Crippen LogP contribution >= 0.6 is 27.5 Å². The molecule has 0 bridgehead atoms. The summed E-state index contributed by atoms with van der Waals surface area (Å²) in [7, 11) is 2.02. The van der Waals surface area contributed by atoms with Gasteiger partial charge in [0.15, 0.2) is 0 Å². The lowest BCUT2D eigenvalue weighted by atomic mass is 10.1. The number of likely N-dealkylation sites (tertiary alicyclic amines) is 1. The van der Waals surface area contributed by atoms with Gasteiger partial charge in [-0.3, -0.25) is 9.58 Å². The van der Waals surface area contributed by atoms with Crippen LogP contribution in [0.3, 0.4) is 0 Å². The molecule has 3 nitrogen and oxygen atoms in total. The van der Waals surface area contributed by atoms with Crippen molar-refractivity contribution in [3.8, 4) is 0 Å². The average molecular weight is 335 g/mol. The molecule has 2 heterocycles. The van der Waals surface area contributed by atoms with E-state index in [1.165, 1.54) is 31.5 Å². The average Bonchev–Trinajstić information content (AvgIpc) is 2.87. The van der Waals surface area contributed by atoms with Gasteiger partial charge in [-0.15, -0.1) is 11.6 Å². The quantitative estimate of drug-likeness (QED) is 0.769. The van der Waals surface area contributed by atoms with E-state index in [0.29, 0.717) is 6.04 Å². The predicted octanol–water partition coefficient (Wildman–Crippen LogP) is 3.47. The Morgan fingerprint density at radius 1 is 1.50 bits per heavy atom. The van der Waals surface area contributed by atoms with Gasteiger partial charge in [0.2, 0.25) is 0 Å². The Labute approximate surface area is 123 Å². The van der Waals surface area contributed by atoms with Crippen molar-refractivity contribution in [1.29, 1.82) is 0 Å². The third kappa shape index (κ3) is 3.09. The molecule has 1 aliphatic heterocycles. The van der Waals surface area contributed by atoms with E-state index in [9.17, 15) is 0 Å². The minimum Gasteiger partial charge on any atom is -0.295 e. The first-order chi connectivity index (χ1) is 8.63. The molecule has 0 amide bonds. The second-order valence-corrected chi connectivity index (χ2v) is 6.24. The lowest BCUT2D eigenvalue weighted by Gasteiger charge is -2.24. The molecule has 18 heavy (non-hydrogen) atoms. The molecule has 1 aliphatic rings. The standard InChI is InChI=1S/C13H21BrClN3/c1-10-13(14)12(17(2)16-10)9-18-8-4-6-11(18)5-3-7-15/h11H,3-9H2,1-2H3. The van der Waals surface area contributed by atoms with Crippen molar-refractivity contribution in [1.82, 2.24) is 14.7 Å². The Balaban J connectivity index is 2.03. The normalized spacial score (nSPS) is 20.8. The maximum atomic E-state index is 5.80. The van der Waals surface area contributed by atoms with E-state index in [2.05, 4.69) is 25.9 Å². The third-order valence-electron chi connectivity index (χ3n) is 3.78. The minimum atomic E-state index is 0.700. The van der Waals surface area contributed by atoms with Gasteiger partial charge in [-0.1, -0.05) is 0 Å². The van der Waals surface area contributed by atoms with E-state index in [0.717, 1.165) is 29.0 Å². The molecule has 0 aromatic carbocycles. The minimum absolute atomic E-state index is 0.700. The van der Waals surface area contributed by atoms with E-state index in [4.69, 9.17) is 11.6 Å². The van der Waals surface area contributed by atoms with Crippen molar-refractivity contribution in [3.63, 3.8) is 0 Å². The number of alkyl halides is 1. The fourth-order valence-electron chi connectivity index (χ4n) is 2.79. The summed E-state index contributed by atoms with van der Waals surface area (Å²) in [4.78, 5) is 2.58.